The predicted octanol–water partition coefficient (Wildman–Crippen LogP) is 1.08. The van der Waals surface area contributed by atoms with E-state index in [4.69, 9.17) is 23.2 Å². The van der Waals surface area contributed by atoms with Gasteiger partial charge in [-0.15, -0.1) is 0 Å². The van der Waals surface area contributed by atoms with Gasteiger partial charge in [-0.25, -0.2) is 8.42 Å². The number of amides is 2. The summed E-state index contributed by atoms with van der Waals surface area (Å²) in [6, 6.07) is 2.99. The van der Waals surface area contributed by atoms with Crippen LogP contribution < -0.4 is 10.0 Å². The van der Waals surface area contributed by atoms with Crippen LogP contribution in [0.25, 0.3) is 0 Å². The van der Waals surface area contributed by atoms with Crippen LogP contribution in [0.2, 0.25) is 10.0 Å². The molecule has 6 nitrogen and oxygen atoms in total. The second kappa shape index (κ2) is 5.69. The van der Waals surface area contributed by atoms with E-state index in [-0.39, 0.29) is 27.8 Å². The highest BCUT2D eigenvalue weighted by Gasteiger charge is 2.31. The quantitative estimate of drug-likeness (QED) is 0.807. The zero-order chi connectivity index (χ0) is 14.9. The monoisotopic (exact) mass is 336 g/mol. The van der Waals surface area contributed by atoms with E-state index in [1.54, 1.807) is 0 Å². The van der Waals surface area contributed by atoms with E-state index in [1.807, 2.05) is 0 Å². The van der Waals surface area contributed by atoms with Crippen molar-refractivity contribution >= 4 is 45.0 Å². The molecule has 0 aliphatic carbocycles. The summed E-state index contributed by atoms with van der Waals surface area (Å²) < 4.78 is 26.6. The summed E-state index contributed by atoms with van der Waals surface area (Å²) in [7, 11) is -4.00. The van der Waals surface area contributed by atoms with Gasteiger partial charge in [0.25, 0.3) is 0 Å². The average molecular weight is 337 g/mol. The second-order valence-electron chi connectivity index (χ2n) is 4.20. The van der Waals surface area contributed by atoms with E-state index in [0.29, 0.717) is 0 Å². The number of nitrogens with one attached hydrogen (secondary N) is 2. The molecule has 2 amide bonds. The first kappa shape index (κ1) is 15.2. The van der Waals surface area contributed by atoms with Gasteiger partial charge in [-0.05, 0) is 24.6 Å². The Morgan fingerprint density at radius 3 is 2.60 bits per heavy atom. The van der Waals surface area contributed by atoms with Crippen molar-refractivity contribution in [1.29, 1.82) is 0 Å². The molecule has 9 heteroatoms. The van der Waals surface area contributed by atoms with Crippen LogP contribution in [0.1, 0.15) is 12.8 Å². The Hall–Kier alpha value is -1.15. The molecule has 1 aliphatic heterocycles. The van der Waals surface area contributed by atoms with E-state index < -0.39 is 27.9 Å². The molecule has 1 aliphatic rings. The Labute approximate surface area is 125 Å². The van der Waals surface area contributed by atoms with Crippen LogP contribution in [-0.2, 0) is 19.6 Å². The van der Waals surface area contributed by atoms with E-state index in [1.165, 1.54) is 18.2 Å². The highest BCUT2D eigenvalue weighted by atomic mass is 35.5. The standard InChI is InChI=1S/C11H10Cl2N2O4S/c12-6-1-2-7(13)9(5-6)20(18,19)15-8-3-4-10(16)14-11(8)17/h1-2,5,8,15H,3-4H2,(H,14,16,17). The largest absolute Gasteiger partial charge is 0.295 e. The van der Waals surface area contributed by atoms with Gasteiger partial charge >= 0.3 is 0 Å². The number of rotatable bonds is 3. The molecule has 0 bridgehead atoms. The summed E-state index contributed by atoms with van der Waals surface area (Å²) in [5, 5.41) is 2.27. The lowest BCUT2D eigenvalue weighted by atomic mass is 10.1. The predicted molar refractivity (Wildman–Crippen MR) is 73.0 cm³/mol. The summed E-state index contributed by atoms with van der Waals surface area (Å²) in [5.74, 6) is -1.10. The van der Waals surface area contributed by atoms with Crippen molar-refractivity contribution in [2.24, 2.45) is 0 Å². The van der Waals surface area contributed by atoms with E-state index in [0.717, 1.165) is 0 Å². The third-order valence-electron chi connectivity index (χ3n) is 2.72. The summed E-state index contributed by atoms with van der Waals surface area (Å²) >= 11 is 11.6. The molecule has 1 saturated heterocycles. The van der Waals surface area contributed by atoms with Crippen LogP contribution in [0.4, 0.5) is 0 Å². The zero-order valence-electron chi connectivity index (χ0n) is 10.0. The molecule has 2 rings (SSSR count). The fourth-order valence-corrected chi connectivity index (χ4v) is 3.73. The van der Waals surface area contributed by atoms with Crippen LogP contribution in [0.15, 0.2) is 23.1 Å². The minimum Gasteiger partial charge on any atom is -0.295 e. The number of carbonyl (C=O) groups is 2. The number of hydrogen-bond acceptors (Lipinski definition) is 4. The molecular formula is C11H10Cl2N2O4S. The summed E-state index contributed by atoms with van der Waals surface area (Å²) in [5.41, 5.74) is 0. The van der Waals surface area contributed by atoms with Crippen molar-refractivity contribution < 1.29 is 18.0 Å². The fraction of sp³-hybridized carbons (Fsp3) is 0.273. The first-order valence-corrected chi connectivity index (χ1v) is 7.84. The molecule has 0 saturated carbocycles. The number of sulfonamides is 1. The van der Waals surface area contributed by atoms with Gasteiger partial charge in [-0.2, -0.15) is 4.72 Å². The van der Waals surface area contributed by atoms with E-state index >= 15 is 0 Å². The highest BCUT2D eigenvalue weighted by Crippen LogP contribution is 2.25. The Morgan fingerprint density at radius 1 is 1.25 bits per heavy atom. The van der Waals surface area contributed by atoms with Crippen molar-refractivity contribution in [3.63, 3.8) is 0 Å². The molecule has 108 valence electrons. The Kier molecular flexibility index (Phi) is 4.33. The van der Waals surface area contributed by atoms with E-state index in [2.05, 4.69) is 10.0 Å². The second-order valence-corrected chi connectivity index (χ2v) is 6.73. The lowest BCUT2D eigenvalue weighted by molar-refractivity contribution is -0.134. The summed E-state index contributed by atoms with van der Waals surface area (Å²) in [6.07, 6.45) is 0.171. The van der Waals surface area contributed by atoms with Crippen molar-refractivity contribution in [1.82, 2.24) is 10.0 Å². The van der Waals surface area contributed by atoms with Crippen LogP contribution in [0.3, 0.4) is 0 Å². The first-order valence-electron chi connectivity index (χ1n) is 5.60. The Morgan fingerprint density at radius 2 is 1.95 bits per heavy atom. The minimum atomic E-state index is -4.00. The maximum absolute atomic E-state index is 12.2. The van der Waals surface area contributed by atoms with E-state index in [9.17, 15) is 18.0 Å². The van der Waals surface area contributed by atoms with Crippen LogP contribution in [-0.4, -0.2) is 26.3 Å². The molecule has 2 N–H and O–H groups in total. The molecular weight excluding hydrogens is 327 g/mol. The number of halogens is 2. The third-order valence-corrected chi connectivity index (χ3v) is 4.91. The molecule has 1 atom stereocenters. The smallest absolute Gasteiger partial charge is 0.244 e. The van der Waals surface area contributed by atoms with Crippen molar-refractivity contribution in [2.45, 2.75) is 23.8 Å². The van der Waals surface area contributed by atoms with Gasteiger partial charge in [0.05, 0.1) is 5.02 Å². The van der Waals surface area contributed by atoms with Crippen LogP contribution in [0.5, 0.6) is 0 Å². The summed E-state index contributed by atoms with van der Waals surface area (Å²) in [4.78, 5) is 22.3. The Balaban J connectivity index is 2.25. The number of benzene rings is 1. The maximum Gasteiger partial charge on any atom is 0.244 e. The van der Waals surface area contributed by atoms with Gasteiger partial charge in [0, 0.05) is 11.4 Å². The first-order chi connectivity index (χ1) is 9.29. The molecule has 1 heterocycles. The van der Waals surface area contributed by atoms with Crippen molar-refractivity contribution in [3.05, 3.63) is 28.2 Å². The average Bonchev–Trinajstić information content (AvgIpc) is 2.35. The number of piperidine rings is 1. The molecule has 1 aromatic rings. The van der Waals surface area contributed by atoms with Gasteiger partial charge in [-0.3, -0.25) is 14.9 Å². The van der Waals surface area contributed by atoms with Gasteiger partial charge in [0.15, 0.2) is 0 Å². The Bertz CT molecular complexity index is 675. The topological polar surface area (TPSA) is 92.3 Å². The maximum atomic E-state index is 12.2. The molecule has 0 aromatic heterocycles. The van der Waals surface area contributed by atoms with Crippen molar-refractivity contribution in [2.75, 3.05) is 0 Å². The number of carbonyl (C=O) groups excluding carboxylic acids is 2. The number of hydrogen-bond donors (Lipinski definition) is 2. The highest BCUT2D eigenvalue weighted by molar-refractivity contribution is 7.89. The zero-order valence-corrected chi connectivity index (χ0v) is 12.3. The van der Waals surface area contributed by atoms with Crippen LogP contribution >= 0.6 is 23.2 Å². The third kappa shape index (κ3) is 3.29. The fourth-order valence-electron chi connectivity index (χ4n) is 1.74. The van der Waals surface area contributed by atoms with Crippen molar-refractivity contribution in [3.8, 4) is 0 Å². The molecule has 20 heavy (non-hydrogen) atoms. The van der Waals surface area contributed by atoms with Gasteiger partial charge in [-0.1, -0.05) is 23.2 Å². The van der Waals surface area contributed by atoms with Crippen LogP contribution in [0, 0.1) is 0 Å². The lowest BCUT2D eigenvalue weighted by Gasteiger charge is -2.21. The molecule has 0 radical (unpaired) electrons. The molecule has 1 fully saturated rings. The lowest BCUT2D eigenvalue weighted by Crippen LogP contribution is -2.52. The van der Waals surface area contributed by atoms with Gasteiger partial charge < -0.3 is 0 Å². The molecule has 1 unspecified atom stereocenters. The molecule has 1 aromatic carbocycles. The van der Waals surface area contributed by atoms with Gasteiger partial charge in [0.2, 0.25) is 21.8 Å². The minimum absolute atomic E-state index is 0.00538. The summed E-state index contributed by atoms with van der Waals surface area (Å²) in [6.45, 7) is 0. The molecule has 0 spiro atoms. The van der Waals surface area contributed by atoms with Gasteiger partial charge in [0.1, 0.15) is 10.9 Å². The normalized spacial score (nSPS) is 19.8. The SMILES string of the molecule is O=C1CCC(NS(=O)(=O)c2cc(Cl)ccc2Cl)C(=O)N1. The number of imide groups is 1.